The fourth-order valence-corrected chi connectivity index (χ4v) is 0.783. The highest BCUT2D eigenvalue weighted by atomic mass is 16.6. The minimum Gasteiger partial charge on any atom is -0.368 e. The minimum atomic E-state index is -0.596. The molecule has 0 fully saturated rings. The first-order valence-electron chi connectivity index (χ1n) is 6.07. The van der Waals surface area contributed by atoms with Crippen LogP contribution >= 0.6 is 0 Å². The first kappa shape index (κ1) is 17.5. The Bertz CT molecular complexity index is 158. The summed E-state index contributed by atoms with van der Waals surface area (Å²) in [7, 11) is 0. The largest absolute Gasteiger partial charge is 0.368 e. The van der Waals surface area contributed by atoms with Crippen LogP contribution in [0, 0.1) is 0 Å². The Morgan fingerprint density at radius 1 is 1.00 bits per heavy atom. The zero-order valence-electron chi connectivity index (χ0n) is 11.0. The summed E-state index contributed by atoms with van der Waals surface area (Å²) < 4.78 is 4.84. The molecule has 1 aromatic carbocycles. The average molecular weight is 226 g/mol. The molecule has 0 aromatic heterocycles. The van der Waals surface area contributed by atoms with E-state index < -0.39 is 6.29 Å². The van der Waals surface area contributed by atoms with Crippen LogP contribution in [0.5, 0.6) is 0 Å². The van der Waals surface area contributed by atoms with Gasteiger partial charge >= 0.3 is 0 Å². The second-order valence-electron chi connectivity index (χ2n) is 2.98. The van der Waals surface area contributed by atoms with E-state index in [9.17, 15) is 0 Å². The van der Waals surface area contributed by atoms with Gasteiger partial charge < -0.3 is 9.84 Å². The molecule has 0 saturated heterocycles. The summed E-state index contributed by atoms with van der Waals surface area (Å²) in [6, 6.07) is 12.0. The number of ether oxygens (including phenoxy) is 1. The number of benzene rings is 1. The Morgan fingerprint density at radius 3 is 1.62 bits per heavy atom. The lowest BCUT2D eigenvalue weighted by Gasteiger charge is -2.03. The number of hydrogen-bond acceptors (Lipinski definition) is 2. The maximum atomic E-state index is 8.56. The van der Waals surface area contributed by atoms with Gasteiger partial charge in [-0.05, 0) is 13.3 Å². The number of unbranched alkanes of at least 4 members (excludes halogenated alkanes) is 1. The molecule has 1 unspecified atom stereocenters. The molecule has 0 aliphatic heterocycles. The maximum Gasteiger partial charge on any atom is 0.151 e. The molecule has 16 heavy (non-hydrogen) atoms. The van der Waals surface area contributed by atoms with Crippen molar-refractivity contribution in [1.82, 2.24) is 0 Å². The van der Waals surface area contributed by atoms with Crippen LogP contribution in [0.2, 0.25) is 0 Å². The number of hydrogen-bond donors (Lipinski definition) is 1. The van der Waals surface area contributed by atoms with E-state index in [1.807, 2.05) is 50.2 Å². The van der Waals surface area contributed by atoms with Crippen LogP contribution in [0.15, 0.2) is 36.4 Å². The zero-order valence-corrected chi connectivity index (χ0v) is 11.0. The SMILES string of the molecule is CC.CCCCOC(C)O.c1ccccc1. The fraction of sp³-hybridized carbons (Fsp3) is 0.571. The molecule has 0 bridgehead atoms. The Kier molecular flexibility index (Phi) is 18.2. The number of aliphatic hydroxyl groups is 1. The molecule has 2 heteroatoms. The van der Waals surface area contributed by atoms with Crippen LogP contribution < -0.4 is 0 Å². The van der Waals surface area contributed by atoms with E-state index in [-0.39, 0.29) is 0 Å². The highest BCUT2D eigenvalue weighted by Gasteiger charge is 1.90. The third-order valence-electron chi connectivity index (χ3n) is 1.52. The van der Waals surface area contributed by atoms with E-state index >= 15 is 0 Å². The molecule has 0 radical (unpaired) electrons. The third-order valence-corrected chi connectivity index (χ3v) is 1.52. The van der Waals surface area contributed by atoms with Crippen molar-refractivity contribution in [2.45, 2.75) is 46.8 Å². The molecule has 0 aliphatic carbocycles. The van der Waals surface area contributed by atoms with Gasteiger partial charge in [-0.25, -0.2) is 0 Å². The van der Waals surface area contributed by atoms with Crippen LogP contribution in [0.4, 0.5) is 0 Å². The van der Waals surface area contributed by atoms with Gasteiger partial charge in [0, 0.05) is 6.61 Å². The summed E-state index contributed by atoms with van der Waals surface area (Å²) in [5.74, 6) is 0. The van der Waals surface area contributed by atoms with Crippen LogP contribution in [0.3, 0.4) is 0 Å². The topological polar surface area (TPSA) is 29.5 Å². The van der Waals surface area contributed by atoms with Crippen LogP contribution in [-0.4, -0.2) is 18.0 Å². The van der Waals surface area contributed by atoms with Gasteiger partial charge in [0.2, 0.25) is 0 Å². The molecule has 0 saturated carbocycles. The summed E-state index contributed by atoms with van der Waals surface area (Å²) >= 11 is 0. The van der Waals surface area contributed by atoms with Gasteiger partial charge in [0.25, 0.3) is 0 Å². The van der Waals surface area contributed by atoms with E-state index in [2.05, 4.69) is 6.92 Å². The highest BCUT2D eigenvalue weighted by Crippen LogP contribution is 1.90. The zero-order chi connectivity index (χ0) is 12.6. The molecule has 0 spiro atoms. The van der Waals surface area contributed by atoms with Crippen molar-refractivity contribution < 1.29 is 9.84 Å². The van der Waals surface area contributed by atoms with E-state index in [1.165, 1.54) is 0 Å². The van der Waals surface area contributed by atoms with Crippen molar-refractivity contribution in [3.05, 3.63) is 36.4 Å². The second-order valence-corrected chi connectivity index (χ2v) is 2.98. The van der Waals surface area contributed by atoms with Crippen LogP contribution in [0.25, 0.3) is 0 Å². The lowest BCUT2D eigenvalue weighted by atomic mass is 10.4. The summed E-state index contributed by atoms with van der Waals surface area (Å²) in [6.45, 7) is 8.38. The van der Waals surface area contributed by atoms with Gasteiger partial charge in [0.1, 0.15) is 0 Å². The summed E-state index contributed by atoms with van der Waals surface area (Å²) in [6.07, 6.45) is 1.55. The Morgan fingerprint density at radius 2 is 1.38 bits per heavy atom. The third kappa shape index (κ3) is 18.8. The standard InChI is InChI=1S/C6H14O2.C6H6.C2H6/c1-3-4-5-8-6(2)7;1-2-4-6-5-3-1;1-2/h6-7H,3-5H2,1-2H3;1-6H;1-2H3. The van der Waals surface area contributed by atoms with E-state index in [0.29, 0.717) is 6.61 Å². The van der Waals surface area contributed by atoms with Gasteiger partial charge in [0.05, 0.1) is 0 Å². The highest BCUT2D eigenvalue weighted by molar-refractivity contribution is 4.99. The molecule has 1 rings (SSSR count). The number of aliphatic hydroxyl groups excluding tert-OH is 1. The molecule has 94 valence electrons. The molecule has 2 nitrogen and oxygen atoms in total. The quantitative estimate of drug-likeness (QED) is 0.624. The molecule has 1 aromatic rings. The van der Waals surface area contributed by atoms with E-state index in [4.69, 9.17) is 9.84 Å². The molecule has 0 aliphatic rings. The maximum absolute atomic E-state index is 8.56. The second kappa shape index (κ2) is 16.6. The lowest BCUT2D eigenvalue weighted by molar-refractivity contribution is -0.0856. The van der Waals surface area contributed by atoms with Gasteiger partial charge in [-0.2, -0.15) is 0 Å². The van der Waals surface area contributed by atoms with Crippen LogP contribution in [0.1, 0.15) is 40.5 Å². The van der Waals surface area contributed by atoms with Gasteiger partial charge in [0.15, 0.2) is 6.29 Å². The first-order chi connectivity index (χ1) is 7.77. The predicted molar refractivity (Wildman–Crippen MR) is 70.3 cm³/mol. The average Bonchev–Trinajstić information content (AvgIpc) is 2.35. The predicted octanol–water partition coefficient (Wildman–Crippen LogP) is 3.85. The molecule has 0 heterocycles. The Balaban J connectivity index is 0. The Labute approximate surface area is 100 Å². The monoisotopic (exact) mass is 226 g/mol. The van der Waals surface area contributed by atoms with Crippen molar-refractivity contribution in [2.75, 3.05) is 6.61 Å². The van der Waals surface area contributed by atoms with Crippen molar-refractivity contribution in [1.29, 1.82) is 0 Å². The molecular formula is C14H26O2. The van der Waals surface area contributed by atoms with Crippen molar-refractivity contribution in [3.63, 3.8) is 0 Å². The van der Waals surface area contributed by atoms with Gasteiger partial charge in [-0.3, -0.25) is 0 Å². The smallest absolute Gasteiger partial charge is 0.151 e. The Hall–Kier alpha value is -0.860. The molecule has 1 N–H and O–H groups in total. The lowest BCUT2D eigenvalue weighted by Crippen LogP contribution is -2.06. The minimum absolute atomic E-state index is 0.596. The van der Waals surface area contributed by atoms with Gasteiger partial charge in [-0.15, -0.1) is 0 Å². The van der Waals surface area contributed by atoms with E-state index in [1.54, 1.807) is 6.92 Å². The summed E-state index contributed by atoms with van der Waals surface area (Å²) in [5, 5.41) is 8.56. The van der Waals surface area contributed by atoms with Gasteiger partial charge in [-0.1, -0.05) is 63.6 Å². The number of rotatable bonds is 4. The van der Waals surface area contributed by atoms with Crippen molar-refractivity contribution in [2.24, 2.45) is 0 Å². The summed E-state index contributed by atoms with van der Waals surface area (Å²) in [4.78, 5) is 0. The molecule has 0 amide bonds. The summed E-state index contributed by atoms with van der Waals surface area (Å²) in [5.41, 5.74) is 0. The van der Waals surface area contributed by atoms with Crippen molar-refractivity contribution >= 4 is 0 Å². The fourth-order valence-electron chi connectivity index (χ4n) is 0.783. The molecular weight excluding hydrogens is 200 g/mol. The van der Waals surface area contributed by atoms with E-state index in [0.717, 1.165) is 12.8 Å². The normalized spacial score (nSPS) is 10.3. The van der Waals surface area contributed by atoms with Crippen molar-refractivity contribution in [3.8, 4) is 0 Å². The first-order valence-corrected chi connectivity index (χ1v) is 6.07. The van der Waals surface area contributed by atoms with Crippen LogP contribution in [-0.2, 0) is 4.74 Å². The molecule has 1 atom stereocenters.